The summed E-state index contributed by atoms with van der Waals surface area (Å²) in [6.07, 6.45) is 0. The molecule has 0 saturated carbocycles. The van der Waals surface area contributed by atoms with Gasteiger partial charge in [0.2, 0.25) is 0 Å². The largest absolute Gasteiger partial charge is 0.309 e. The summed E-state index contributed by atoms with van der Waals surface area (Å²) >= 11 is 0. The van der Waals surface area contributed by atoms with Crippen LogP contribution in [0.25, 0.3) is 49.7 Å². The molecular weight excluding hydrogens is 619 g/mol. The van der Waals surface area contributed by atoms with Crippen molar-refractivity contribution in [2.75, 3.05) is 0 Å². The Morgan fingerprint density at radius 2 is 0.740 bits per heavy atom. The van der Waals surface area contributed by atoms with E-state index in [1.165, 1.54) is 70.5 Å². The molecule has 0 radical (unpaired) electrons. The van der Waals surface area contributed by atoms with Crippen LogP contribution in [-0.4, -0.2) is 12.6 Å². The van der Waals surface area contributed by atoms with E-state index in [0.717, 1.165) is 0 Å². The minimum atomic E-state index is -2.87. The lowest BCUT2D eigenvalue weighted by Gasteiger charge is -2.35. The van der Waals surface area contributed by atoms with Crippen LogP contribution >= 0.6 is 0 Å². The molecule has 2 heteroatoms. The average Bonchev–Trinajstić information content (AvgIpc) is 3.54. The Morgan fingerprint density at radius 1 is 0.280 bits per heavy atom. The molecule has 0 aliphatic carbocycles. The molecule has 0 saturated heterocycles. The number of aromatic nitrogens is 1. The van der Waals surface area contributed by atoms with Crippen molar-refractivity contribution in [3.63, 3.8) is 0 Å². The fourth-order valence-corrected chi connectivity index (χ4v) is 12.6. The number of hydrogen-bond donors (Lipinski definition) is 0. The summed E-state index contributed by atoms with van der Waals surface area (Å²) in [5, 5.41) is 7.99. The van der Waals surface area contributed by atoms with E-state index in [1.54, 1.807) is 0 Å². The molecule has 9 aromatic rings. The van der Waals surface area contributed by atoms with E-state index in [9.17, 15) is 0 Å². The molecule has 236 valence electrons. The van der Waals surface area contributed by atoms with E-state index in [-0.39, 0.29) is 0 Å². The first-order chi connectivity index (χ1) is 24.8. The van der Waals surface area contributed by atoms with Gasteiger partial charge >= 0.3 is 0 Å². The quantitative estimate of drug-likeness (QED) is 0.119. The van der Waals surface area contributed by atoms with Crippen LogP contribution in [0.5, 0.6) is 0 Å². The van der Waals surface area contributed by atoms with Crippen molar-refractivity contribution >= 4 is 50.6 Å². The lowest BCUT2D eigenvalue weighted by atomic mass is 10.1. The Kier molecular flexibility index (Phi) is 7.57. The number of nitrogens with zero attached hydrogens (tertiary/aromatic N) is 1. The predicted molar refractivity (Wildman–Crippen MR) is 215 cm³/mol. The minimum absolute atomic E-state index is 1.17. The number of hydrogen-bond acceptors (Lipinski definition) is 0. The van der Waals surface area contributed by atoms with Gasteiger partial charge in [0.05, 0.1) is 11.0 Å². The number of rotatable bonds is 7. The van der Waals surface area contributed by atoms with Gasteiger partial charge in [0.25, 0.3) is 0 Å². The maximum absolute atomic E-state index is 2.87. The monoisotopic (exact) mass is 653 g/mol. The highest BCUT2D eigenvalue weighted by Gasteiger charge is 2.42. The SMILES string of the molecule is c1ccc(-c2ccc([Si](c3ccccc3)(c3cccc(-c4ccccc4)c3)c3ccc4c(c3)c3ccccc3n4-c3ccccc3)cc2)cc1. The summed E-state index contributed by atoms with van der Waals surface area (Å²) in [6, 6.07) is 78.3. The van der Waals surface area contributed by atoms with Gasteiger partial charge in [-0.25, -0.2) is 0 Å². The van der Waals surface area contributed by atoms with Crippen molar-refractivity contribution < 1.29 is 0 Å². The van der Waals surface area contributed by atoms with E-state index in [0.29, 0.717) is 0 Å². The fourth-order valence-electron chi connectivity index (χ4n) is 7.86. The summed E-state index contributed by atoms with van der Waals surface area (Å²) in [5.41, 5.74) is 8.53. The third-order valence-electron chi connectivity index (χ3n) is 10.2. The number of para-hydroxylation sites is 2. The second-order valence-electron chi connectivity index (χ2n) is 12.9. The first-order valence-electron chi connectivity index (χ1n) is 17.3. The maximum atomic E-state index is 2.51. The summed E-state index contributed by atoms with van der Waals surface area (Å²) < 4.78 is 2.41. The zero-order valence-corrected chi connectivity index (χ0v) is 28.7. The van der Waals surface area contributed by atoms with Crippen molar-refractivity contribution in [3.05, 3.63) is 212 Å². The van der Waals surface area contributed by atoms with Gasteiger partial charge in [-0.3, -0.25) is 0 Å². The minimum Gasteiger partial charge on any atom is -0.309 e. The molecule has 1 unspecified atom stereocenters. The molecule has 0 bridgehead atoms. The average molecular weight is 654 g/mol. The van der Waals surface area contributed by atoms with Crippen LogP contribution in [0.1, 0.15) is 0 Å². The Bertz CT molecular complexity index is 2560. The molecule has 0 aliphatic heterocycles. The van der Waals surface area contributed by atoms with Crippen molar-refractivity contribution in [3.8, 4) is 27.9 Å². The molecular formula is C48H35NSi. The van der Waals surface area contributed by atoms with Crippen molar-refractivity contribution in [2.45, 2.75) is 0 Å². The normalized spacial score (nSPS) is 12.6. The van der Waals surface area contributed by atoms with Crippen LogP contribution in [0.3, 0.4) is 0 Å². The molecule has 9 rings (SSSR count). The van der Waals surface area contributed by atoms with Gasteiger partial charge in [-0.1, -0.05) is 188 Å². The summed E-state index contributed by atoms with van der Waals surface area (Å²) in [7, 11) is -2.87. The van der Waals surface area contributed by atoms with Gasteiger partial charge in [-0.05, 0) is 67.3 Å². The highest BCUT2D eigenvalue weighted by molar-refractivity contribution is 7.20. The van der Waals surface area contributed by atoms with Crippen LogP contribution in [0.15, 0.2) is 212 Å². The molecule has 0 N–H and O–H groups in total. The molecule has 1 heterocycles. The van der Waals surface area contributed by atoms with E-state index < -0.39 is 8.07 Å². The molecule has 8 aromatic carbocycles. The first-order valence-corrected chi connectivity index (χ1v) is 19.3. The van der Waals surface area contributed by atoms with Gasteiger partial charge in [-0.15, -0.1) is 0 Å². The topological polar surface area (TPSA) is 4.93 Å². The first kappa shape index (κ1) is 29.9. The molecule has 0 aliphatic rings. The lowest BCUT2D eigenvalue weighted by Crippen LogP contribution is -2.74. The van der Waals surface area contributed by atoms with Crippen molar-refractivity contribution in [1.29, 1.82) is 0 Å². The fraction of sp³-hybridized carbons (Fsp3) is 0. The molecule has 0 spiro atoms. The van der Waals surface area contributed by atoms with E-state index in [1.807, 2.05) is 0 Å². The Labute approximate surface area is 294 Å². The van der Waals surface area contributed by atoms with E-state index >= 15 is 0 Å². The van der Waals surface area contributed by atoms with Crippen LogP contribution in [0.4, 0.5) is 0 Å². The van der Waals surface area contributed by atoms with E-state index in [4.69, 9.17) is 0 Å². The summed E-state index contributed by atoms with van der Waals surface area (Å²) in [4.78, 5) is 0. The molecule has 0 amide bonds. The molecule has 1 atom stereocenters. The van der Waals surface area contributed by atoms with Gasteiger partial charge in [0.15, 0.2) is 8.07 Å². The Balaban J connectivity index is 1.36. The smallest absolute Gasteiger partial charge is 0.179 e. The molecule has 50 heavy (non-hydrogen) atoms. The van der Waals surface area contributed by atoms with Crippen molar-refractivity contribution in [2.24, 2.45) is 0 Å². The number of fused-ring (bicyclic) bond motifs is 3. The molecule has 1 aromatic heterocycles. The predicted octanol–water partition coefficient (Wildman–Crippen LogP) is 9.50. The van der Waals surface area contributed by atoms with Crippen LogP contribution in [-0.2, 0) is 0 Å². The van der Waals surface area contributed by atoms with Crippen molar-refractivity contribution in [1.82, 2.24) is 4.57 Å². The van der Waals surface area contributed by atoms with Gasteiger partial charge < -0.3 is 4.57 Å². The highest BCUT2D eigenvalue weighted by Crippen LogP contribution is 2.32. The van der Waals surface area contributed by atoms with Crippen LogP contribution in [0, 0.1) is 0 Å². The second kappa shape index (κ2) is 12.7. The highest BCUT2D eigenvalue weighted by atomic mass is 28.3. The summed E-state index contributed by atoms with van der Waals surface area (Å²) in [6.45, 7) is 0. The van der Waals surface area contributed by atoms with Gasteiger partial charge in [-0.2, -0.15) is 0 Å². The zero-order chi connectivity index (χ0) is 33.3. The summed E-state index contributed by atoms with van der Waals surface area (Å²) in [5.74, 6) is 0. The van der Waals surface area contributed by atoms with Crippen LogP contribution in [0.2, 0.25) is 0 Å². The van der Waals surface area contributed by atoms with E-state index in [2.05, 4.69) is 217 Å². The van der Waals surface area contributed by atoms with Crippen LogP contribution < -0.4 is 20.7 Å². The maximum Gasteiger partial charge on any atom is 0.179 e. The molecule has 0 fully saturated rings. The third kappa shape index (κ3) is 5.01. The Morgan fingerprint density at radius 3 is 1.44 bits per heavy atom. The molecule has 1 nitrogen and oxygen atoms in total. The third-order valence-corrected chi connectivity index (χ3v) is 14.9. The Hall–Kier alpha value is -6.22. The number of benzene rings is 8. The lowest BCUT2D eigenvalue weighted by molar-refractivity contribution is 1.18. The van der Waals surface area contributed by atoms with Gasteiger partial charge in [0, 0.05) is 16.5 Å². The standard InChI is InChI=1S/C48H35NSi/c1-5-16-36(17-6-1)38-28-30-42(31-29-38)50(41-23-11-4-12-24-41,43-25-15-20-39(34-43)37-18-7-2-8-19-37)44-32-33-48-46(35-44)45-26-13-14-27-47(45)49(48)40-21-9-3-10-22-40/h1-35H. The zero-order valence-electron chi connectivity index (χ0n) is 27.7. The second-order valence-corrected chi connectivity index (χ2v) is 16.7. The van der Waals surface area contributed by atoms with Gasteiger partial charge in [0.1, 0.15) is 0 Å².